The van der Waals surface area contributed by atoms with Crippen molar-refractivity contribution in [1.82, 2.24) is 30.5 Å². The number of hydrogen-bond acceptors (Lipinski definition) is 7. The number of nitrogens with zero attached hydrogens (tertiary/aromatic N) is 5. The maximum absolute atomic E-state index is 13.9. The standard InChI is InChI=1S/C25H30FN7O3/c1-14-9-21(20(23(28-14)24(27)36)11-17-5-8-22(26)18(10-17)13-34)25-30-32-33(31-25)12-16-3-6-19(7-4-16)29-15(2)35/h5,8-10,16,19,34H,3-4,6-7,11-13H2,1-2H3,(H2,27,36)(H,29,35). The fourth-order valence-electron chi connectivity index (χ4n) is 4.78. The molecule has 4 rings (SSSR count). The summed E-state index contributed by atoms with van der Waals surface area (Å²) < 4.78 is 13.9. The Bertz CT molecular complexity index is 1270. The van der Waals surface area contributed by atoms with Gasteiger partial charge in [-0.15, -0.1) is 10.2 Å². The van der Waals surface area contributed by atoms with E-state index in [0.717, 1.165) is 25.7 Å². The number of aromatic nitrogens is 5. The topological polar surface area (TPSA) is 149 Å². The molecular formula is C25H30FN7O3. The van der Waals surface area contributed by atoms with Crippen molar-refractivity contribution in [3.8, 4) is 11.4 Å². The summed E-state index contributed by atoms with van der Waals surface area (Å²) in [6, 6.07) is 6.40. The number of benzene rings is 1. The highest BCUT2D eigenvalue weighted by atomic mass is 19.1. The van der Waals surface area contributed by atoms with Crippen LogP contribution in [-0.4, -0.2) is 48.2 Å². The predicted molar refractivity (Wildman–Crippen MR) is 129 cm³/mol. The van der Waals surface area contributed by atoms with E-state index in [1.165, 1.54) is 13.0 Å². The number of tetrazole rings is 1. The summed E-state index contributed by atoms with van der Waals surface area (Å²) in [5, 5.41) is 25.5. The van der Waals surface area contributed by atoms with Crippen LogP contribution in [0.25, 0.3) is 11.4 Å². The predicted octanol–water partition coefficient (Wildman–Crippen LogP) is 2.06. The molecule has 2 heterocycles. The van der Waals surface area contributed by atoms with Crippen molar-refractivity contribution in [1.29, 1.82) is 0 Å². The first-order valence-electron chi connectivity index (χ1n) is 12.0. The number of carbonyl (C=O) groups is 2. The van der Waals surface area contributed by atoms with Crippen LogP contribution in [0.15, 0.2) is 24.3 Å². The first-order valence-corrected chi connectivity index (χ1v) is 12.0. The van der Waals surface area contributed by atoms with Crippen LogP contribution in [0.3, 0.4) is 0 Å². The quantitative estimate of drug-likeness (QED) is 0.433. The Morgan fingerprint density at radius 2 is 1.97 bits per heavy atom. The lowest BCUT2D eigenvalue weighted by Gasteiger charge is -2.28. The van der Waals surface area contributed by atoms with E-state index >= 15 is 0 Å². The molecule has 0 atom stereocenters. The minimum atomic E-state index is -0.692. The largest absolute Gasteiger partial charge is 0.392 e. The van der Waals surface area contributed by atoms with Gasteiger partial charge in [0.05, 0.1) is 13.2 Å². The maximum atomic E-state index is 13.9. The molecule has 1 saturated carbocycles. The molecule has 3 aromatic rings. The molecule has 1 aromatic carbocycles. The van der Waals surface area contributed by atoms with Gasteiger partial charge in [-0.05, 0) is 67.0 Å². The molecule has 0 radical (unpaired) electrons. The van der Waals surface area contributed by atoms with E-state index in [-0.39, 0.29) is 29.6 Å². The summed E-state index contributed by atoms with van der Waals surface area (Å²) in [5.74, 6) is -0.493. The SMILES string of the molecule is CC(=O)NC1CCC(Cn2nnc(-c3cc(C)nc(C(N)=O)c3Cc3ccc(F)c(CO)c3)n2)CC1. The van der Waals surface area contributed by atoms with Crippen molar-refractivity contribution in [3.05, 3.63) is 58.2 Å². The molecule has 4 N–H and O–H groups in total. The minimum Gasteiger partial charge on any atom is -0.392 e. The Hall–Kier alpha value is -3.73. The molecule has 0 aliphatic heterocycles. The maximum Gasteiger partial charge on any atom is 0.267 e. The number of primary amides is 1. The van der Waals surface area contributed by atoms with Crippen molar-refractivity contribution in [3.63, 3.8) is 0 Å². The molecule has 0 saturated heterocycles. The Morgan fingerprint density at radius 3 is 2.64 bits per heavy atom. The number of nitrogens with one attached hydrogen (secondary N) is 1. The molecule has 2 aromatic heterocycles. The van der Waals surface area contributed by atoms with Gasteiger partial charge in [-0.2, -0.15) is 4.80 Å². The number of hydrogen-bond donors (Lipinski definition) is 3. The third-order valence-electron chi connectivity index (χ3n) is 6.52. The van der Waals surface area contributed by atoms with Crippen molar-refractivity contribution in [2.45, 2.75) is 65.1 Å². The lowest BCUT2D eigenvalue weighted by molar-refractivity contribution is -0.119. The van der Waals surface area contributed by atoms with E-state index in [0.29, 0.717) is 40.7 Å². The zero-order chi connectivity index (χ0) is 25.8. The zero-order valence-corrected chi connectivity index (χ0v) is 20.4. The van der Waals surface area contributed by atoms with E-state index in [4.69, 9.17) is 5.73 Å². The van der Waals surface area contributed by atoms with Crippen molar-refractivity contribution < 1.29 is 19.1 Å². The molecule has 0 bridgehead atoms. The first kappa shape index (κ1) is 25.4. The smallest absolute Gasteiger partial charge is 0.267 e. The van der Waals surface area contributed by atoms with Crippen LogP contribution in [0.5, 0.6) is 0 Å². The second kappa shape index (κ2) is 10.9. The van der Waals surface area contributed by atoms with Gasteiger partial charge < -0.3 is 16.2 Å². The summed E-state index contributed by atoms with van der Waals surface area (Å²) >= 11 is 0. The normalized spacial score (nSPS) is 17.7. The minimum absolute atomic E-state index is 0.00645. The lowest BCUT2D eigenvalue weighted by Crippen LogP contribution is -2.36. The van der Waals surface area contributed by atoms with Crippen LogP contribution < -0.4 is 11.1 Å². The molecule has 10 nitrogen and oxygen atoms in total. The van der Waals surface area contributed by atoms with Gasteiger partial charge in [0.1, 0.15) is 11.5 Å². The Labute approximate surface area is 208 Å². The molecule has 1 aliphatic rings. The molecule has 1 aliphatic carbocycles. The molecule has 11 heteroatoms. The van der Waals surface area contributed by atoms with Gasteiger partial charge in [0.25, 0.3) is 5.91 Å². The average Bonchev–Trinajstić information content (AvgIpc) is 3.30. The number of carbonyl (C=O) groups excluding carboxylic acids is 2. The number of nitrogens with two attached hydrogens (primary N) is 1. The van der Waals surface area contributed by atoms with Crippen LogP contribution in [0, 0.1) is 18.7 Å². The van der Waals surface area contributed by atoms with Crippen molar-refractivity contribution in [2.24, 2.45) is 11.7 Å². The van der Waals surface area contributed by atoms with E-state index in [1.807, 2.05) is 0 Å². The number of amides is 2. The number of aryl methyl sites for hydroxylation is 1. The molecule has 36 heavy (non-hydrogen) atoms. The first-order chi connectivity index (χ1) is 17.2. The number of rotatable bonds is 8. The Balaban J connectivity index is 1.59. The Kier molecular flexibility index (Phi) is 7.68. The van der Waals surface area contributed by atoms with Gasteiger partial charge in [0, 0.05) is 36.2 Å². The second-order valence-electron chi connectivity index (χ2n) is 9.35. The fraction of sp³-hybridized carbons (Fsp3) is 0.440. The molecule has 0 spiro atoms. The van der Waals surface area contributed by atoms with Crippen molar-refractivity contribution in [2.75, 3.05) is 0 Å². The van der Waals surface area contributed by atoms with Gasteiger partial charge >= 0.3 is 0 Å². The van der Waals surface area contributed by atoms with Crippen LogP contribution >= 0.6 is 0 Å². The van der Waals surface area contributed by atoms with E-state index in [2.05, 4.69) is 25.7 Å². The summed E-state index contributed by atoms with van der Waals surface area (Å²) in [5.41, 5.74) is 8.24. The molecule has 0 unspecified atom stereocenters. The van der Waals surface area contributed by atoms with Gasteiger partial charge in [-0.3, -0.25) is 9.59 Å². The van der Waals surface area contributed by atoms with Crippen LogP contribution in [-0.2, 0) is 24.4 Å². The molecule has 2 amide bonds. The summed E-state index contributed by atoms with van der Waals surface area (Å²) in [6.45, 7) is 3.44. The van der Waals surface area contributed by atoms with E-state index in [1.54, 1.807) is 29.9 Å². The second-order valence-corrected chi connectivity index (χ2v) is 9.35. The summed E-state index contributed by atoms with van der Waals surface area (Å²) in [6.07, 6.45) is 3.94. The number of halogens is 1. The molecule has 1 fully saturated rings. The third kappa shape index (κ3) is 5.91. The average molecular weight is 496 g/mol. The highest BCUT2D eigenvalue weighted by Crippen LogP contribution is 2.28. The highest BCUT2D eigenvalue weighted by molar-refractivity contribution is 5.94. The molecule has 190 valence electrons. The van der Waals surface area contributed by atoms with Gasteiger partial charge in [-0.1, -0.05) is 12.1 Å². The van der Waals surface area contributed by atoms with Crippen LogP contribution in [0.2, 0.25) is 0 Å². The van der Waals surface area contributed by atoms with E-state index in [9.17, 15) is 19.1 Å². The van der Waals surface area contributed by atoms with Gasteiger partial charge in [0.15, 0.2) is 0 Å². The zero-order valence-electron chi connectivity index (χ0n) is 20.4. The van der Waals surface area contributed by atoms with Crippen molar-refractivity contribution >= 4 is 11.8 Å². The highest BCUT2D eigenvalue weighted by Gasteiger charge is 2.24. The third-order valence-corrected chi connectivity index (χ3v) is 6.52. The number of aliphatic hydroxyl groups excluding tert-OH is 1. The van der Waals surface area contributed by atoms with Crippen LogP contribution in [0.4, 0.5) is 4.39 Å². The van der Waals surface area contributed by atoms with Gasteiger partial charge in [-0.25, -0.2) is 9.37 Å². The number of pyridine rings is 1. The van der Waals surface area contributed by atoms with E-state index < -0.39 is 18.3 Å². The Morgan fingerprint density at radius 1 is 1.22 bits per heavy atom. The fourth-order valence-corrected chi connectivity index (χ4v) is 4.78. The number of aliphatic hydroxyl groups is 1. The molecular weight excluding hydrogens is 465 g/mol. The van der Waals surface area contributed by atoms with Gasteiger partial charge in [0.2, 0.25) is 11.7 Å². The summed E-state index contributed by atoms with van der Waals surface area (Å²) in [7, 11) is 0. The van der Waals surface area contributed by atoms with Crippen LogP contribution in [0.1, 0.15) is 65.5 Å². The lowest BCUT2D eigenvalue weighted by atomic mass is 9.86. The summed E-state index contributed by atoms with van der Waals surface area (Å²) in [4.78, 5) is 29.4. The monoisotopic (exact) mass is 495 g/mol.